The van der Waals surface area contributed by atoms with Gasteiger partial charge in [0.25, 0.3) is 0 Å². The second-order valence-corrected chi connectivity index (χ2v) is 9.56. The number of hydrogen-bond acceptors (Lipinski definition) is 5. The van der Waals surface area contributed by atoms with Crippen molar-refractivity contribution < 1.29 is 19.1 Å². The molecule has 32 heavy (non-hydrogen) atoms. The molecule has 1 heterocycles. The van der Waals surface area contributed by atoms with Crippen molar-refractivity contribution in [1.82, 2.24) is 15.1 Å². The Morgan fingerprint density at radius 1 is 1.16 bits per heavy atom. The topological polar surface area (TPSA) is 94.5 Å². The smallest absolute Gasteiger partial charge is 0.413 e. The van der Waals surface area contributed by atoms with Crippen LogP contribution in [0.3, 0.4) is 0 Å². The van der Waals surface area contributed by atoms with Crippen LogP contribution >= 0.6 is 0 Å². The van der Waals surface area contributed by atoms with E-state index in [9.17, 15) is 9.59 Å². The minimum absolute atomic E-state index is 0.0392. The average molecular weight is 443 g/mol. The van der Waals surface area contributed by atoms with Gasteiger partial charge in [-0.25, -0.2) is 9.59 Å². The normalized spacial score (nSPS) is 18.4. The highest BCUT2D eigenvalue weighted by Crippen LogP contribution is 2.38. The minimum atomic E-state index is -0.544. The van der Waals surface area contributed by atoms with Crippen LogP contribution in [0.25, 0.3) is 0 Å². The SMILES string of the molecule is CC(C)NC(=O)O[C@H]1CC[C@@H](c2cc(NC(=O)OCc3ccccc3)nn2C(C)(C)C)C1. The number of anilines is 1. The van der Waals surface area contributed by atoms with Gasteiger partial charge < -0.3 is 14.8 Å². The van der Waals surface area contributed by atoms with Crippen LogP contribution in [-0.4, -0.2) is 34.1 Å². The molecule has 2 aromatic rings. The highest BCUT2D eigenvalue weighted by molar-refractivity contribution is 5.83. The molecule has 0 bridgehead atoms. The molecule has 1 aliphatic carbocycles. The van der Waals surface area contributed by atoms with Crippen molar-refractivity contribution in [2.45, 2.75) is 84.1 Å². The zero-order chi connectivity index (χ0) is 23.3. The Morgan fingerprint density at radius 2 is 1.88 bits per heavy atom. The number of carbonyl (C=O) groups is 2. The fourth-order valence-corrected chi connectivity index (χ4v) is 3.89. The summed E-state index contributed by atoms with van der Waals surface area (Å²) in [6.07, 6.45) is 1.36. The maximum Gasteiger partial charge on any atom is 0.413 e. The van der Waals surface area contributed by atoms with Gasteiger partial charge in [-0.15, -0.1) is 0 Å². The molecule has 0 radical (unpaired) electrons. The largest absolute Gasteiger partial charge is 0.446 e. The Hall–Kier alpha value is -3.03. The number of ether oxygens (including phenoxy) is 2. The molecule has 0 saturated heterocycles. The fourth-order valence-electron chi connectivity index (χ4n) is 3.89. The maximum atomic E-state index is 12.3. The number of nitrogens with one attached hydrogen (secondary N) is 2. The van der Waals surface area contributed by atoms with Crippen LogP contribution in [0.5, 0.6) is 0 Å². The molecule has 1 saturated carbocycles. The second-order valence-electron chi connectivity index (χ2n) is 9.56. The lowest BCUT2D eigenvalue weighted by atomic mass is 10.0. The van der Waals surface area contributed by atoms with E-state index in [-0.39, 0.29) is 36.3 Å². The average Bonchev–Trinajstić information content (AvgIpc) is 3.33. The van der Waals surface area contributed by atoms with E-state index in [2.05, 4.69) is 36.5 Å². The molecule has 8 heteroatoms. The Morgan fingerprint density at radius 3 is 2.53 bits per heavy atom. The summed E-state index contributed by atoms with van der Waals surface area (Å²) in [5.41, 5.74) is 1.67. The van der Waals surface area contributed by atoms with Gasteiger partial charge in [0.2, 0.25) is 0 Å². The van der Waals surface area contributed by atoms with Crippen LogP contribution in [0.1, 0.15) is 71.1 Å². The minimum Gasteiger partial charge on any atom is -0.446 e. The van der Waals surface area contributed by atoms with Gasteiger partial charge in [-0.2, -0.15) is 5.10 Å². The van der Waals surface area contributed by atoms with Crippen molar-refractivity contribution in [2.75, 3.05) is 5.32 Å². The molecule has 2 amide bonds. The molecule has 3 rings (SSSR count). The fraction of sp³-hybridized carbons (Fsp3) is 0.542. The van der Waals surface area contributed by atoms with Crippen molar-refractivity contribution in [2.24, 2.45) is 0 Å². The highest BCUT2D eigenvalue weighted by atomic mass is 16.6. The summed E-state index contributed by atoms with van der Waals surface area (Å²) in [5.74, 6) is 0.643. The third-order valence-electron chi connectivity index (χ3n) is 5.30. The number of aromatic nitrogens is 2. The van der Waals surface area contributed by atoms with E-state index in [1.165, 1.54) is 0 Å². The number of amides is 2. The lowest BCUT2D eigenvalue weighted by molar-refractivity contribution is 0.0979. The first-order chi connectivity index (χ1) is 15.1. The van der Waals surface area contributed by atoms with Crippen LogP contribution in [0, 0.1) is 0 Å². The molecule has 2 atom stereocenters. The van der Waals surface area contributed by atoms with Crippen LogP contribution in [0.4, 0.5) is 15.4 Å². The summed E-state index contributed by atoms with van der Waals surface area (Å²) in [5, 5.41) is 10.1. The van der Waals surface area contributed by atoms with Gasteiger partial charge in [0.05, 0.1) is 5.54 Å². The molecule has 0 aliphatic heterocycles. The van der Waals surface area contributed by atoms with E-state index >= 15 is 0 Å². The molecular weight excluding hydrogens is 408 g/mol. The number of carbonyl (C=O) groups excluding carboxylic acids is 2. The number of alkyl carbamates (subject to hydrolysis) is 1. The predicted molar refractivity (Wildman–Crippen MR) is 123 cm³/mol. The van der Waals surface area contributed by atoms with E-state index < -0.39 is 6.09 Å². The molecule has 174 valence electrons. The van der Waals surface area contributed by atoms with E-state index in [4.69, 9.17) is 9.47 Å². The van der Waals surface area contributed by atoms with Gasteiger partial charge in [-0.3, -0.25) is 10.00 Å². The van der Waals surface area contributed by atoms with Crippen molar-refractivity contribution >= 4 is 18.0 Å². The first-order valence-electron chi connectivity index (χ1n) is 11.2. The van der Waals surface area contributed by atoms with Gasteiger partial charge in [-0.05, 0) is 59.4 Å². The van der Waals surface area contributed by atoms with Gasteiger partial charge in [-0.1, -0.05) is 30.3 Å². The zero-order valence-corrected chi connectivity index (χ0v) is 19.6. The van der Waals surface area contributed by atoms with Crippen molar-refractivity contribution in [1.29, 1.82) is 0 Å². The van der Waals surface area contributed by atoms with Gasteiger partial charge in [0.1, 0.15) is 12.7 Å². The molecule has 2 N–H and O–H groups in total. The van der Waals surface area contributed by atoms with Crippen LogP contribution in [-0.2, 0) is 21.6 Å². The number of hydrogen-bond donors (Lipinski definition) is 2. The molecule has 1 aromatic carbocycles. The summed E-state index contributed by atoms with van der Waals surface area (Å²) in [7, 11) is 0. The van der Waals surface area contributed by atoms with Crippen molar-refractivity contribution in [3.63, 3.8) is 0 Å². The van der Waals surface area contributed by atoms with Crippen molar-refractivity contribution in [3.8, 4) is 0 Å². The third-order valence-corrected chi connectivity index (χ3v) is 5.30. The summed E-state index contributed by atoms with van der Waals surface area (Å²) in [4.78, 5) is 24.2. The van der Waals surface area contributed by atoms with Gasteiger partial charge in [0.15, 0.2) is 5.82 Å². The van der Waals surface area contributed by atoms with Crippen molar-refractivity contribution in [3.05, 3.63) is 47.7 Å². The van der Waals surface area contributed by atoms with E-state index in [0.29, 0.717) is 5.82 Å². The van der Waals surface area contributed by atoms with E-state index in [1.54, 1.807) is 0 Å². The number of rotatable bonds is 6. The van der Waals surface area contributed by atoms with Crippen LogP contribution < -0.4 is 10.6 Å². The quantitative estimate of drug-likeness (QED) is 0.645. The first kappa shape index (κ1) is 23.6. The van der Waals surface area contributed by atoms with Gasteiger partial charge >= 0.3 is 12.2 Å². The summed E-state index contributed by atoms with van der Waals surface area (Å²) in [6.45, 7) is 10.2. The maximum absolute atomic E-state index is 12.3. The highest BCUT2D eigenvalue weighted by Gasteiger charge is 2.33. The lowest BCUT2D eigenvalue weighted by Gasteiger charge is -2.24. The summed E-state index contributed by atoms with van der Waals surface area (Å²) >= 11 is 0. The van der Waals surface area contributed by atoms with Gasteiger partial charge in [0, 0.05) is 23.7 Å². The Balaban J connectivity index is 1.65. The monoisotopic (exact) mass is 442 g/mol. The Labute approximate surface area is 189 Å². The molecule has 0 spiro atoms. The van der Waals surface area contributed by atoms with E-state index in [0.717, 1.165) is 30.5 Å². The molecule has 0 unspecified atom stereocenters. The van der Waals surface area contributed by atoms with Crippen LogP contribution in [0.2, 0.25) is 0 Å². The lowest BCUT2D eigenvalue weighted by Crippen LogP contribution is -2.33. The molecule has 1 fully saturated rings. The Kier molecular flexibility index (Phi) is 7.43. The first-order valence-corrected chi connectivity index (χ1v) is 11.2. The molecule has 1 aliphatic rings. The van der Waals surface area contributed by atoms with Crippen LogP contribution in [0.15, 0.2) is 36.4 Å². The second kappa shape index (κ2) is 10.1. The zero-order valence-electron chi connectivity index (χ0n) is 19.6. The predicted octanol–water partition coefficient (Wildman–Crippen LogP) is 5.16. The molecular formula is C24H34N4O4. The molecule has 8 nitrogen and oxygen atoms in total. The summed E-state index contributed by atoms with van der Waals surface area (Å²) < 4.78 is 12.8. The standard InChI is InChI=1S/C24H34N4O4/c1-16(2)25-23(30)32-19-12-11-18(13-19)20-14-21(27-28(20)24(3,4)5)26-22(29)31-15-17-9-7-6-8-10-17/h6-10,14,16,18-19H,11-13,15H2,1-5H3,(H,25,30)(H,26,27,29)/t18-,19+/m1/s1. The number of benzene rings is 1. The Bertz CT molecular complexity index is 918. The number of nitrogens with zero attached hydrogens (tertiary/aromatic N) is 2. The summed E-state index contributed by atoms with van der Waals surface area (Å²) in [6, 6.07) is 11.5. The van der Waals surface area contributed by atoms with E-state index in [1.807, 2.05) is 54.9 Å². The third kappa shape index (κ3) is 6.48. The molecule has 1 aromatic heterocycles.